The summed E-state index contributed by atoms with van der Waals surface area (Å²) >= 11 is 2.48. The molecule has 0 saturated carbocycles. The maximum absolute atomic E-state index is 12.2. The maximum Gasteiger partial charge on any atom is 0.325 e. The smallest absolute Gasteiger partial charge is 0.325 e. The number of thiophene rings is 1. The molecule has 1 rings (SSSR count). The Morgan fingerprint density at radius 1 is 1.55 bits per heavy atom. The van der Waals surface area contributed by atoms with Crippen molar-refractivity contribution in [2.24, 2.45) is 0 Å². The fourth-order valence-electron chi connectivity index (χ4n) is 1.36. The first-order valence-electron chi connectivity index (χ1n) is 5.80. The minimum absolute atomic E-state index is 0.00393. The summed E-state index contributed by atoms with van der Waals surface area (Å²) in [5, 5.41) is 14.1. The third-order valence-corrected chi connectivity index (χ3v) is 3.84. The van der Waals surface area contributed by atoms with Gasteiger partial charge in [-0.2, -0.15) is 5.26 Å². The Bertz CT molecular complexity index is 544. The lowest BCUT2D eigenvalue weighted by atomic mass is 10.2. The molecule has 1 heterocycles. The Balaban J connectivity index is 2.88. The highest BCUT2D eigenvalue weighted by molar-refractivity contribution is 8.02. The number of carbonyl (C=O) groups excluding carboxylic acids is 2. The molecule has 1 aromatic rings. The predicted molar refractivity (Wildman–Crippen MR) is 79.4 cm³/mol. The van der Waals surface area contributed by atoms with Crippen molar-refractivity contribution >= 4 is 34.9 Å². The summed E-state index contributed by atoms with van der Waals surface area (Å²) in [4.78, 5) is 24.0. The third kappa shape index (κ3) is 4.40. The highest BCUT2D eigenvalue weighted by atomic mass is 32.2. The molecule has 0 unspecified atom stereocenters. The Morgan fingerprint density at radius 3 is 2.80 bits per heavy atom. The van der Waals surface area contributed by atoms with Crippen molar-refractivity contribution in [1.82, 2.24) is 5.32 Å². The molecule has 20 heavy (non-hydrogen) atoms. The van der Waals surface area contributed by atoms with Crippen LogP contribution in [0.5, 0.6) is 0 Å². The van der Waals surface area contributed by atoms with Gasteiger partial charge in [0.2, 0.25) is 5.78 Å². The Morgan fingerprint density at radius 2 is 2.30 bits per heavy atom. The molecule has 0 spiro atoms. The third-order valence-electron chi connectivity index (χ3n) is 2.21. The van der Waals surface area contributed by atoms with Crippen molar-refractivity contribution in [3.8, 4) is 6.07 Å². The zero-order chi connectivity index (χ0) is 15.0. The van der Waals surface area contributed by atoms with Gasteiger partial charge in [0, 0.05) is 0 Å². The van der Waals surface area contributed by atoms with Gasteiger partial charge in [0.1, 0.15) is 18.2 Å². The van der Waals surface area contributed by atoms with Crippen LogP contribution in [-0.2, 0) is 9.53 Å². The van der Waals surface area contributed by atoms with E-state index in [-0.39, 0.29) is 24.5 Å². The number of nitrogens with zero attached hydrogens (tertiary/aromatic N) is 1. The van der Waals surface area contributed by atoms with Crippen molar-refractivity contribution in [3.63, 3.8) is 0 Å². The van der Waals surface area contributed by atoms with Gasteiger partial charge in [0.05, 0.1) is 16.5 Å². The van der Waals surface area contributed by atoms with Crippen molar-refractivity contribution in [2.45, 2.75) is 6.92 Å². The van der Waals surface area contributed by atoms with Crippen molar-refractivity contribution in [2.75, 3.05) is 19.4 Å². The highest BCUT2D eigenvalue weighted by Gasteiger charge is 2.18. The van der Waals surface area contributed by atoms with Gasteiger partial charge in [-0.25, -0.2) is 0 Å². The number of ether oxygens (including phenoxy) is 1. The second-order valence-corrected chi connectivity index (χ2v) is 5.25. The molecule has 0 aliphatic rings. The summed E-state index contributed by atoms with van der Waals surface area (Å²) in [7, 11) is 0. The zero-order valence-corrected chi connectivity index (χ0v) is 12.8. The molecule has 0 radical (unpaired) electrons. The van der Waals surface area contributed by atoms with E-state index in [1.54, 1.807) is 30.7 Å². The molecule has 1 aromatic heterocycles. The van der Waals surface area contributed by atoms with Crippen LogP contribution in [0.3, 0.4) is 0 Å². The molecule has 0 aromatic carbocycles. The van der Waals surface area contributed by atoms with Crippen LogP contribution in [0.1, 0.15) is 16.6 Å². The van der Waals surface area contributed by atoms with Crippen LogP contribution in [0.15, 0.2) is 28.1 Å². The largest absolute Gasteiger partial charge is 0.465 e. The van der Waals surface area contributed by atoms with E-state index in [1.165, 1.54) is 23.1 Å². The summed E-state index contributed by atoms with van der Waals surface area (Å²) in [6, 6.07) is 5.31. The van der Waals surface area contributed by atoms with E-state index in [0.717, 1.165) is 0 Å². The Kier molecular flexibility index (Phi) is 6.84. The first kappa shape index (κ1) is 16.3. The lowest BCUT2D eigenvalue weighted by molar-refractivity contribution is -0.141. The molecule has 0 aliphatic heterocycles. The van der Waals surface area contributed by atoms with Crippen LogP contribution < -0.4 is 5.32 Å². The van der Waals surface area contributed by atoms with Crippen molar-refractivity contribution < 1.29 is 14.3 Å². The van der Waals surface area contributed by atoms with Crippen LogP contribution in [0, 0.1) is 11.3 Å². The minimum atomic E-state index is -0.431. The molecule has 1 N–H and O–H groups in total. The second-order valence-electron chi connectivity index (χ2n) is 3.49. The molecular weight excluding hydrogens is 296 g/mol. The van der Waals surface area contributed by atoms with E-state index in [0.29, 0.717) is 9.91 Å². The SMILES string of the molecule is CCOC(=O)CN/C(SC)=C(/C#N)C(=O)c1cccs1. The summed E-state index contributed by atoms with van der Waals surface area (Å²) in [5.41, 5.74) is 0.00393. The summed E-state index contributed by atoms with van der Waals surface area (Å²) < 4.78 is 4.78. The van der Waals surface area contributed by atoms with Crippen molar-refractivity contribution in [3.05, 3.63) is 33.0 Å². The Labute approximate surface area is 125 Å². The monoisotopic (exact) mass is 310 g/mol. The number of ketones is 1. The van der Waals surface area contributed by atoms with E-state index in [4.69, 9.17) is 4.74 Å². The molecule has 7 heteroatoms. The molecule has 0 saturated heterocycles. The Hall–Kier alpha value is -1.78. The average Bonchev–Trinajstić information content (AvgIpc) is 2.97. The number of Topliss-reactive ketones (excluding diaryl/α,β-unsaturated/α-hetero) is 1. The van der Waals surface area contributed by atoms with E-state index >= 15 is 0 Å². The fraction of sp³-hybridized carbons (Fsp3) is 0.308. The first-order valence-corrected chi connectivity index (χ1v) is 7.90. The highest BCUT2D eigenvalue weighted by Crippen LogP contribution is 2.20. The molecule has 0 bridgehead atoms. The minimum Gasteiger partial charge on any atom is -0.465 e. The van der Waals surface area contributed by atoms with Gasteiger partial charge in [0.25, 0.3) is 0 Å². The predicted octanol–water partition coefficient (Wildman–Crippen LogP) is 2.18. The summed E-state index contributed by atoms with van der Waals surface area (Å²) in [6.45, 7) is 1.93. The number of rotatable bonds is 7. The van der Waals surface area contributed by atoms with E-state index in [1.807, 2.05) is 6.07 Å². The number of nitrogens with one attached hydrogen (secondary N) is 1. The van der Waals surface area contributed by atoms with Crippen LogP contribution in [0.25, 0.3) is 0 Å². The number of allylic oxidation sites excluding steroid dienone is 1. The van der Waals surface area contributed by atoms with Crippen LogP contribution in [-0.4, -0.2) is 31.2 Å². The number of carbonyl (C=O) groups is 2. The molecule has 5 nitrogen and oxygen atoms in total. The van der Waals surface area contributed by atoms with E-state index < -0.39 is 5.97 Å². The second kappa shape index (κ2) is 8.40. The lowest BCUT2D eigenvalue weighted by Crippen LogP contribution is -2.25. The molecule has 0 aliphatic carbocycles. The quantitative estimate of drug-likeness (QED) is 0.360. The molecular formula is C13H14N2O3S2. The lowest BCUT2D eigenvalue weighted by Gasteiger charge is -2.09. The fourth-order valence-corrected chi connectivity index (χ4v) is 2.59. The summed E-state index contributed by atoms with van der Waals surface area (Å²) in [5.74, 6) is -0.775. The topological polar surface area (TPSA) is 79.2 Å². The zero-order valence-electron chi connectivity index (χ0n) is 11.1. The van der Waals surface area contributed by atoms with Crippen LogP contribution in [0.4, 0.5) is 0 Å². The van der Waals surface area contributed by atoms with Gasteiger partial charge < -0.3 is 10.1 Å². The van der Waals surface area contributed by atoms with E-state index in [9.17, 15) is 14.9 Å². The number of hydrogen-bond donors (Lipinski definition) is 1. The van der Waals surface area contributed by atoms with Gasteiger partial charge in [0.15, 0.2) is 0 Å². The number of hydrogen-bond acceptors (Lipinski definition) is 7. The van der Waals surface area contributed by atoms with Gasteiger partial charge in [-0.1, -0.05) is 6.07 Å². The molecule has 106 valence electrons. The first-order chi connectivity index (χ1) is 9.63. The number of thioether (sulfide) groups is 1. The van der Waals surface area contributed by atoms with Crippen molar-refractivity contribution in [1.29, 1.82) is 5.26 Å². The van der Waals surface area contributed by atoms with E-state index in [2.05, 4.69) is 5.32 Å². The van der Waals surface area contributed by atoms with Gasteiger partial charge in [-0.15, -0.1) is 23.1 Å². The van der Waals surface area contributed by atoms with Crippen LogP contribution >= 0.6 is 23.1 Å². The van der Waals surface area contributed by atoms with Crippen LogP contribution in [0.2, 0.25) is 0 Å². The summed E-state index contributed by atoms with van der Waals surface area (Å²) in [6.07, 6.45) is 1.73. The average molecular weight is 310 g/mol. The molecule has 0 amide bonds. The molecule has 0 fully saturated rings. The van der Waals surface area contributed by atoms with Gasteiger partial charge in [-0.3, -0.25) is 9.59 Å². The normalized spacial score (nSPS) is 11.2. The molecule has 0 atom stereocenters. The number of nitriles is 1. The van der Waals surface area contributed by atoms with Gasteiger partial charge in [-0.05, 0) is 24.6 Å². The maximum atomic E-state index is 12.2. The standard InChI is InChI=1S/C13H14N2O3S2/c1-3-18-11(16)8-15-13(19-2)9(7-14)12(17)10-5-4-6-20-10/h4-6,15H,3,8H2,1-2H3/b13-9+. The number of esters is 1. The van der Waals surface area contributed by atoms with Gasteiger partial charge >= 0.3 is 5.97 Å².